The molecule has 0 radical (unpaired) electrons. The molecule has 0 N–H and O–H groups in total. The van der Waals surface area contributed by atoms with Gasteiger partial charge in [0, 0.05) is 12.4 Å². The van der Waals surface area contributed by atoms with Gasteiger partial charge in [-0.15, -0.1) is 0 Å². The van der Waals surface area contributed by atoms with Gasteiger partial charge < -0.3 is 0 Å². The van der Waals surface area contributed by atoms with Crippen molar-refractivity contribution in [3.63, 3.8) is 0 Å². The van der Waals surface area contributed by atoms with Crippen LogP contribution in [-0.2, 0) is 0 Å². The van der Waals surface area contributed by atoms with Gasteiger partial charge in [0.15, 0.2) is 5.82 Å². The Morgan fingerprint density at radius 2 is 1.75 bits per heavy atom. The Balaban J connectivity index is 2.11. The van der Waals surface area contributed by atoms with Gasteiger partial charge >= 0.3 is 0 Å². The van der Waals surface area contributed by atoms with E-state index >= 15 is 0 Å². The third-order valence-electron chi connectivity index (χ3n) is 3.79. The van der Waals surface area contributed by atoms with Crippen molar-refractivity contribution in [3.05, 3.63) is 82.9 Å². The van der Waals surface area contributed by atoms with Crippen LogP contribution in [0.15, 0.2) is 71.8 Å². The van der Waals surface area contributed by atoms with Crippen LogP contribution in [0.5, 0.6) is 0 Å². The van der Waals surface area contributed by atoms with E-state index in [1.807, 2.05) is 55.5 Å². The highest BCUT2D eigenvalue weighted by Crippen LogP contribution is 2.19. The second kappa shape index (κ2) is 5.70. The number of rotatable bonds is 2. The lowest BCUT2D eigenvalue weighted by Crippen LogP contribution is -2.23. The Labute approximate surface area is 138 Å². The molecular formula is C19H14N4O. The molecule has 0 aliphatic rings. The minimum atomic E-state index is -0.155. The number of benzene rings is 1. The molecule has 0 bridgehead atoms. The molecule has 0 aliphatic heterocycles. The molecule has 5 heteroatoms. The van der Waals surface area contributed by atoms with Gasteiger partial charge in [0.05, 0.1) is 10.9 Å². The van der Waals surface area contributed by atoms with E-state index in [0.29, 0.717) is 28.2 Å². The van der Waals surface area contributed by atoms with Crippen LogP contribution < -0.4 is 5.56 Å². The number of hydrogen-bond acceptors (Lipinski definition) is 4. The van der Waals surface area contributed by atoms with E-state index in [1.54, 1.807) is 18.5 Å². The fourth-order valence-corrected chi connectivity index (χ4v) is 2.60. The number of fused-ring (bicyclic) bond motifs is 1. The van der Waals surface area contributed by atoms with Crippen LogP contribution in [0, 0.1) is 6.92 Å². The molecule has 0 aliphatic carbocycles. The van der Waals surface area contributed by atoms with Crippen LogP contribution in [0.4, 0.5) is 0 Å². The van der Waals surface area contributed by atoms with E-state index in [2.05, 4.69) is 15.0 Å². The largest absolute Gasteiger partial charge is 0.268 e. The Morgan fingerprint density at radius 1 is 0.917 bits per heavy atom. The molecule has 0 fully saturated rings. The molecule has 5 nitrogen and oxygen atoms in total. The van der Waals surface area contributed by atoms with E-state index in [1.165, 1.54) is 4.57 Å². The summed E-state index contributed by atoms with van der Waals surface area (Å²) < 4.78 is 1.52. The zero-order valence-corrected chi connectivity index (χ0v) is 13.0. The van der Waals surface area contributed by atoms with Crippen LogP contribution in [0.2, 0.25) is 0 Å². The molecule has 4 aromatic rings. The molecule has 0 amide bonds. The first kappa shape index (κ1) is 14.3. The molecule has 0 unspecified atom stereocenters. The highest BCUT2D eigenvalue weighted by atomic mass is 16.1. The minimum Gasteiger partial charge on any atom is -0.268 e. The Morgan fingerprint density at radius 3 is 2.50 bits per heavy atom. The number of pyridine rings is 2. The molecule has 0 saturated carbocycles. The SMILES string of the molecule is Cc1ccc(-n2c(-c3ccccn3)nc3ccccc3c2=O)nc1. The zero-order valence-electron chi connectivity index (χ0n) is 13.0. The van der Waals surface area contributed by atoms with Crippen LogP contribution >= 0.6 is 0 Å². The van der Waals surface area contributed by atoms with E-state index in [-0.39, 0.29) is 5.56 Å². The van der Waals surface area contributed by atoms with Gasteiger partial charge in [-0.05, 0) is 42.8 Å². The Kier molecular flexibility index (Phi) is 3.39. The number of aryl methyl sites for hydroxylation is 1. The first-order chi connectivity index (χ1) is 11.7. The van der Waals surface area contributed by atoms with Crippen molar-refractivity contribution < 1.29 is 0 Å². The second-order valence-electron chi connectivity index (χ2n) is 5.50. The van der Waals surface area contributed by atoms with E-state index in [9.17, 15) is 4.79 Å². The molecule has 0 spiro atoms. The maximum absolute atomic E-state index is 13.1. The fourth-order valence-electron chi connectivity index (χ4n) is 2.60. The van der Waals surface area contributed by atoms with Crippen LogP contribution in [0.1, 0.15) is 5.56 Å². The summed E-state index contributed by atoms with van der Waals surface area (Å²) in [5.41, 5.74) is 2.15. The van der Waals surface area contributed by atoms with E-state index < -0.39 is 0 Å². The molecule has 3 aromatic heterocycles. The van der Waals surface area contributed by atoms with Gasteiger partial charge in [-0.2, -0.15) is 0 Å². The van der Waals surface area contributed by atoms with Crippen molar-refractivity contribution in [1.29, 1.82) is 0 Å². The maximum Gasteiger partial charge on any atom is 0.267 e. The minimum absolute atomic E-state index is 0.155. The average molecular weight is 314 g/mol. The lowest BCUT2D eigenvalue weighted by Gasteiger charge is -2.12. The summed E-state index contributed by atoms with van der Waals surface area (Å²) in [6.07, 6.45) is 3.42. The summed E-state index contributed by atoms with van der Waals surface area (Å²) in [4.78, 5) is 26.5. The molecule has 0 atom stereocenters. The Bertz CT molecular complexity index is 1070. The summed E-state index contributed by atoms with van der Waals surface area (Å²) in [5.74, 6) is 1.01. The van der Waals surface area contributed by atoms with Gasteiger partial charge in [-0.1, -0.05) is 24.3 Å². The second-order valence-corrected chi connectivity index (χ2v) is 5.50. The lowest BCUT2D eigenvalue weighted by molar-refractivity contribution is 0.922. The van der Waals surface area contributed by atoms with Gasteiger partial charge in [-0.25, -0.2) is 14.5 Å². The van der Waals surface area contributed by atoms with E-state index in [0.717, 1.165) is 5.56 Å². The van der Waals surface area contributed by atoms with Crippen LogP contribution in [0.3, 0.4) is 0 Å². The van der Waals surface area contributed by atoms with Gasteiger partial charge in [-0.3, -0.25) is 9.78 Å². The molecule has 24 heavy (non-hydrogen) atoms. The number of aromatic nitrogens is 4. The molecular weight excluding hydrogens is 300 g/mol. The molecule has 3 heterocycles. The first-order valence-electron chi connectivity index (χ1n) is 7.60. The van der Waals surface area contributed by atoms with Crippen molar-refractivity contribution in [2.75, 3.05) is 0 Å². The van der Waals surface area contributed by atoms with Crippen molar-refractivity contribution >= 4 is 10.9 Å². The van der Waals surface area contributed by atoms with Crippen molar-refractivity contribution in [2.24, 2.45) is 0 Å². The van der Waals surface area contributed by atoms with Crippen molar-refractivity contribution in [1.82, 2.24) is 19.5 Å². The average Bonchev–Trinajstić information content (AvgIpc) is 2.63. The molecule has 4 rings (SSSR count). The number of para-hydroxylation sites is 1. The summed E-state index contributed by atoms with van der Waals surface area (Å²) in [6, 6.07) is 16.6. The smallest absolute Gasteiger partial charge is 0.267 e. The maximum atomic E-state index is 13.1. The summed E-state index contributed by atoms with van der Waals surface area (Å²) in [7, 11) is 0. The van der Waals surface area contributed by atoms with E-state index in [4.69, 9.17) is 0 Å². The Hall–Kier alpha value is -3.34. The normalized spacial score (nSPS) is 10.9. The third kappa shape index (κ3) is 2.36. The number of hydrogen-bond donors (Lipinski definition) is 0. The van der Waals surface area contributed by atoms with Crippen LogP contribution in [-0.4, -0.2) is 19.5 Å². The summed E-state index contributed by atoms with van der Waals surface area (Å²) >= 11 is 0. The van der Waals surface area contributed by atoms with Crippen LogP contribution in [0.25, 0.3) is 28.2 Å². The predicted molar refractivity (Wildman–Crippen MR) is 93.1 cm³/mol. The lowest BCUT2D eigenvalue weighted by atomic mass is 10.2. The highest BCUT2D eigenvalue weighted by Gasteiger charge is 2.15. The number of nitrogens with zero attached hydrogens (tertiary/aromatic N) is 4. The summed E-state index contributed by atoms with van der Waals surface area (Å²) in [5, 5.41) is 0.555. The standard InChI is InChI=1S/C19H14N4O/c1-13-9-10-17(21-12-13)23-18(16-8-4-5-11-20-16)22-15-7-3-2-6-14(15)19(23)24/h2-12H,1H3. The quantitative estimate of drug-likeness (QED) is 0.570. The third-order valence-corrected chi connectivity index (χ3v) is 3.79. The first-order valence-corrected chi connectivity index (χ1v) is 7.60. The molecule has 0 saturated heterocycles. The van der Waals surface area contributed by atoms with Gasteiger partial charge in [0.2, 0.25) is 0 Å². The van der Waals surface area contributed by atoms with Gasteiger partial charge in [0.25, 0.3) is 5.56 Å². The van der Waals surface area contributed by atoms with Crippen molar-refractivity contribution in [2.45, 2.75) is 6.92 Å². The highest BCUT2D eigenvalue weighted by molar-refractivity contribution is 5.79. The fraction of sp³-hybridized carbons (Fsp3) is 0.0526. The molecule has 116 valence electrons. The van der Waals surface area contributed by atoms with Gasteiger partial charge in [0.1, 0.15) is 11.5 Å². The molecule has 1 aromatic carbocycles. The summed E-state index contributed by atoms with van der Waals surface area (Å²) in [6.45, 7) is 1.96. The zero-order chi connectivity index (χ0) is 16.5. The monoisotopic (exact) mass is 314 g/mol. The topological polar surface area (TPSA) is 60.7 Å². The van der Waals surface area contributed by atoms with Crippen molar-refractivity contribution in [3.8, 4) is 17.3 Å². The predicted octanol–water partition coefficient (Wildman–Crippen LogP) is 3.15.